The zero-order valence-corrected chi connectivity index (χ0v) is 14.4. The van der Waals surface area contributed by atoms with Gasteiger partial charge in [-0.1, -0.05) is 58.3 Å². The molecule has 0 aromatic rings. The summed E-state index contributed by atoms with van der Waals surface area (Å²) in [5.41, 5.74) is 0. The van der Waals surface area contributed by atoms with Gasteiger partial charge >= 0.3 is 35.5 Å². The van der Waals surface area contributed by atoms with Crippen LogP contribution in [-0.4, -0.2) is 68.8 Å². The Hall–Kier alpha value is -0.100. The summed E-state index contributed by atoms with van der Waals surface area (Å²) in [4.78, 5) is 24.1. The fraction of sp³-hybridized carbons (Fsp3) is 0.882. The zero-order chi connectivity index (χ0) is 17.0. The van der Waals surface area contributed by atoms with Gasteiger partial charge in [0.05, 0.1) is 0 Å². The molecule has 1 amide bonds. The van der Waals surface area contributed by atoms with E-state index >= 15 is 0 Å². The van der Waals surface area contributed by atoms with Gasteiger partial charge in [-0.3, -0.25) is 4.79 Å². The Balaban J connectivity index is 0. The molecule has 0 saturated carbocycles. The molecular formula is C17H34NNaO4. The summed E-state index contributed by atoms with van der Waals surface area (Å²) < 4.78 is 0. The molecule has 132 valence electrons. The van der Waals surface area contributed by atoms with E-state index in [2.05, 4.69) is 6.92 Å². The van der Waals surface area contributed by atoms with Gasteiger partial charge in [-0.15, -0.1) is 0 Å². The molecule has 0 aromatic carbocycles. The SMILES string of the molecule is CCCCCCCCCCCC(=O)N(C(C)O)C(C)C(=O)O.[NaH]. The average molecular weight is 339 g/mol. The first-order valence-corrected chi connectivity index (χ1v) is 8.63. The summed E-state index contributed by atoms with van der Waals surface area (Å²) in [6.07, 6.45) is 9.70. The predicted octanol–water partition coefficient (Wildman–Crippen LogP) is 2.90. The third-order valence-corrected chi connectivity index (χ3v) is 3.96. The molecule has 0 saturated heterocycles. The summed E-state index contributed by atoms with van der Waals surface area (Å²) in [5, 5.41) is 18.6. The number of carboxylic acids is 1. The molecule has 6 heteroatoms. The molecule has 2 atom stereocenters. The summed E-state index contributed by atoms with van der Waals surface area (Å²) >= 11 is 0. The second kappa shape index (κ2) is 15.4. The number of hydrogen-bond donors (Lipinski definition) is 2. The van der Waals surface area contributed by atoms with E-state index in [9.17, 15) is 14.7 Å². The van der Waals surface area contributed by atoms with Crippen LogP contribution in [0.25, 0.3) is 0 Å². The van der Waals surface area contributed by atoms with Crippen LogP contribution in [0.4, 0.5) is 0 Å². The summed E-state index contributed by atoms with van der Waals surface area (Å²) in [6, 6.07) is -0.994. The molecule has 0 heterocycles. The van der Waals surface area contributed by atoms with Crippen molar-refractivity contribution in [2.75, 3.05) is 0 Å². The Kier molecular flexibility index (Phi) is 16.9. The van der Waals surface area contributed by atoms with Crippen LogP contribution in [0, 0.1) is 0 Å². The van der Waals surface area contributed by atoms with Gasteiger partial charge in [-0.2, -0.15) is 0 Å². The van der Waals surface area contributed by atoms with Gasteiger partial charge in [0.15, 0.2) is 0 Å². The third kappa shape index (κ3) is 12.0. The number of amides is 1. The second-order valence-electron chi connectivity index (χ2n) is 6.03. The molecule has 0 aliphatic carbocycles. The van der Waals surface area contributed by atoms with Crippen molar-refractivity contribution in [3.8, 4) is 0 Å². The number of carbonyl (C=O) groups is 2. The molecule has 0 aromatic heterocycles. The van der Waals surface area contributed by atoms with E-state index < -0.39 is 18.2 Å². The Bertz CT molecular complexity index is 324. The number of rotatable bonds is 13. The maximum absolute atomic E-state index is 12.0. The van der Waals surface area contributed by atoms with Gasteiger partial charge in [0.1, 0.15) is 12.3 Å². The van der Waals surface area contributed by atoms with Gasteiger partial charge in [0, 0.05) is 6.42 Å². The standard InChI is InChI=1S/C17H33NO4.Na.H/c1-4-5-6-7-8-9-10-11-12-13-16(20)18(15(3)19)14(2)17(21)22;;/h14-15,19H,4-13H2,1-3H3,(H,21,22);;. The van der Waals surface area contributed by atoms with E-state index in [0.29, 0.717) is 6.42 Å². The molecule has 0 aliphatic heterocycles. The van der Waals surface area contributed by atoms with Gasteiger partial charge in [-0.25, -0.2) is 4.79 Å². The molecule has 5 nitrogen and oxygen atoms in total. The van der Waals surface area contributed by atoms with Crippen LogP contribution in [-0.2, 0) is 9.59 Å². The van der Waals surface area contributed by atoms with Gasteiger partial charge in [-0.05, 0) is 20.3 Å². The number of aliphatic hydroxyl groups excluding tert-OH is 1. The zero-order valence-electron chi connectivity index (χ0n) is 14.4. The molecule has 0 aliphatic rings. The number of carboxylic acid groups (broad SMARTS) is 1. The maximum atomic E-state index is 12.0. The number of hydrogen-bond acceptors (Lipinski definition) is 3. The van der Waals surface area contributed by atoms with Crippen molar-refractivity contribution in [1.82, 2.24) is 4.90 Å². The molecule has 2 N–H and O–H groups in total. The van der Waals surface area contributed by atoms with E-state index in [1.165, 1.54) is 52.4 Å². The fourth-order valence-electron chi connectivity index (χ4n) is 2.58. The van der Waals surface area contributed by atoms with Crippen molar-refractivity contribution in [1.29, 1.82) is 0 Å². The van der Waals surface area contributed by atoms with Crippen LogP contribution in [0.2, 0.25) is 0 Å². The van der Waals surface area contributed by atoms with Crippen molar-refractivity contribution in [3.05, 3.63) is 0 Å². The number of unbranched alkanes of at least 4 members (excludes halogenated alkanes) is 8. The molecule has 0 fully saturated rings. The van der Waals surface area contributed by atoms with Gasteiger partial charge < -0.3 is 15.1 Å². The van der Waals surface area contributed by atoms with Crippen molar-refractivity contribution in [3.63, 3.8) is 0 Å². The van der Waals surface area contributed by atoms with Crippen molar-refractivity contribution in [2.45, 2.75) is 97.2 Å². The Morgan fingerprint density at radius 2 is 1.35 bits per heavy atom. The molecule has 0 radical (unpaired) electrons. The van der Waals surface area contributed by atoms with Crippen molar-refractivity contribution >= 4 is 41.4 Å². The van der Waals surface area contributed by atoms with E-state index in [1.807, 2.05) is 0 Å². The van der Waals surface area contributed by atoms with Crippen LogP contribution < -0.4 is 0 Å². The Morgan fingerprint density at radius 1 is 0.913 bits per heavy atom. The normalized spacial score (nSPS) is 13.0. The molecule has 0 spiro atoms. The van der Waals surface area contributed by atoms with Crippen LogP contribution in [0.5, 0.6) is 0 Å². The minimum absolute atomic E-state index is 0. The third-order valence-electron chi connectivity index (χ3n) is 3.96. The van der Waals surface area contributed by atoms with E-state index in [4.69, 9.17) is 5.11 Å². The first kappa shape index (κ1) is 25.1. The minimum atomic E-state index is -1.10. The van der Waals surface area contributed by atoms with E-state index in [-0.39, 0.29) is 35.5 Å². The molecule has 0 bridgehead atoms. The molecule has 0 rings (SSSR count). The summed E-state index contributed by atoms with van der Waals surface area (Å²) in [6.45, 7) is 5.05. The fourth-order valence-corrected chi connectivity index (χ4v) is 2.58. The number of aliphatic carboxylic acids is 1. The van der Waals surface area contributed by atoms with Crippen LogP contribution >= 0.6 is 0 Å². The van der Waals surface area contributed by atoms with Crippen molar-refractivity contribution < 1.29 is 19.8 Å². The number of carbonyl (C=O) groups excluding carboxylic acids is 1. The van der Waals surface area contributed by atoms with E-state index in [0.717, 1.165) is 24.2 Å². The Labute approximate surface area is 163 Å². The second-order valence-corrected chi connectivity index (χ2v) is 6.03. The number of aliphatic hydroxyl groups is 1. The van der Waals surface area contributed by atoms with Crippen molar-refractivity contribution in [2.24, 2.45) is 0 Å². The van der Waals surface area contributed by atoms with Crippen LogP contribution in [0.3, 0.4) is 0 Å². The summed E-state index contributed by atoms with van der Waals surface area (Å²) in [7, 11) is 0. The molecule has 2 unspecified atom stereocenters. The predicted molar refractivity (Wildman–Crippen MR) is 94.6 cm³/mol. The molecular weight excluding hydrogens is 305 g/mol. The topological polar surface area (TPSA) is 77.8 Å². The average Bonchev–Trinajstić information content (AvgIpc) is 2.45. The van der Waals surface area contributed by atoms with E-state index in [1.54, 1.807) is 0 Å². The first-order valence-electron chi connectivity index (χ1n) is 8.63. The quantitative estimate of drug-likeness (QED) is 0.307. The Morgan fingerprint density at radius 3 is 1.74 bits per heavy atom. The van der Waals surface area contributed by atoms with Gasteiger partial charge in [0.2, 0.25) is 5.91 Å². The summed E-state index contributed by atoms with van der Waals surface area (Å²) in [5.74, 6) is -1.38. The van der Waals surface area contributed by atoms with Crippen LogP contribution in [0.15, 0.2) is 0 Å². The number of nitrogens with zero attached hydrogens (tertiary/aromatic N) is 1. The molecule has 23 heavy (non-hydrogen) atoms. The monoisotopic (exact) mass is 339 g/mol. The van der Waals surface area contributed by atoms with Gasteiger partial charge in [0.25, 0.3) is 0 Å². The first-order chi connectivity index (χ1) is 10.4. The van der Waals surface area contributed by atoms with Crippen LogP contribution in [0.1, 0.15) is 85.0 Å².